The fraction of sp³-hybridized carbons (Fsp3) is 0.217. The summed E-state index contributed by atoms with van der Waals surface area (Å²) in [7, 11) is 0. The molecule has 4 rings (SSSR count). The molecule has 2 heterocycles. The maximum absolute atomic E-state index is 5.74. The molecule has 0 fully saturated rings. The Morgan fingerprint density at radius 2 is 1.79 bits per heavy atom. The summed E-state index contributed by atoms with van der Waals surface area (Å²) >= 11 is 1.69. The molecule has 0 bridgehead atoms. The Kier molecular flexibility index (Phi) is 5.53. The summed E-state index contributed by atoms with van der Waals surface area (Å²) in [6, 6.07) is 20.6. The molecule has 0 aliphatic carbocycles. The number of nitrogens with zero attached hydrogens (tertiary/aromatic N) is 2. The van der Waals surface area contributed by atoms with Crippen molar-refractivity contribution in [1.29, 1.82) is 0 Å². The van der Waals surface area contributed by atoms with Gasteiger partial charge >= 0.3 is 0 Å². The molecule has 0 amide bonds. The molecule has 142 valence electrons. The van der Waals surface area contributed by atoms with Gasteiger partial charge in [-0.05, 0) is 49.2 Å². The van der Waals surface area contributed by atoms with Crippen LogP contribution in [0, 0.1) is 6.92 Å². The first-order valence-corrected chi connectivity index (χ1v) is 10.4. The lowest BCUT2D eigenvalue weighted by Crippen LogP contribution is -1.99. The minimum Gasteiger partial charge on any atom is -0.494 e. The molecule has 0 unspecified atom stereocenters. The summed E-state index contributed by atoms with van der Waals surface area (Å²) in [5, 5.41) is 4.49. The number of nitrogens with one attached hydrogen (secondary N) is 1. The molecule has 28 heavy (non-hydrogen) atoms. The van der Waals surface area contributed by atoms with Crippen molar-refractivity contribution in [1.82, 2.24) is 9.97 Å². The van der Waals surface area contributed by atoms with Gasteiger partial charge in [-0.3, -0.25) is 0 Å². The summed E-state index contributed by atoms with van der Waals surface area (Å²) in [5.41, 5.74) is 2.18. The van der Waals surface area contributed by atoms with Gasteiger partial charge in [0, 0.05) is 10.6 Å². The molecular weight excluding hydrogens is 366 g/mol. The number of aromatic nitrogens is 2. The summed E-state index contributed by atoms with van der Waals surface area (Å²) in [6.07, 6.45) is 2.20. The first kappa shape index (κ1) is 18.4. The predicted molar refractivity (Wildman–Crippen MR) is 118 cm³/mol. The Labute approximate surface area is 169 Å². The number of anilines is 2. The Morgan fingerprint density at radius 3 is 2.54 bits per heavy atom. The van der Waals surface area contributed by atoms with E-state index >= 15 is 0 Å². The molecule has 2 aromatic heterocycles. The van der Waals surface area contributed by atoms with Gasteiger partial charge in [-0.15, -0.1) is 11.3 Å². The van der Waals surface area contributed by atoms with Crippen molar-refractivity contribution in [2.45, 2.75) is 26.7 Å². The predicted octanol–water partition coefficient (Wildman–Crippen LogP) is 6.59. The molecule has 5 heteroatoms. The highest BCUT2D eigenvalue weighted by molar-refractivity contribution is 7.21. The first-order valence-electron chi connectivity index (χ1n) is 9.56. The third-order valence-corrected chi connectivity index (χ3v) is 5.52. The fourth-order valence-corrected chi connectivity index (χ4v) is 4.06. The highest BCUT2D eigenvalue weighted by Crippen LogP contribution is 2.36. The van der Waals surface area contributed by atoms with Crippen LogP contribution < -0.4 is 10.1 Å². The van der Waals surface area contributed by atoms with Crippen LogP contribution in [0.1, 0.15) is 25.6 Å². The molecule has 0 saturated heterocycles. The smallest absolute Gasteiger partial charge is 0.142 e. The molecule has 0 atom stereocenters. The van der Waals surface area contributed by atoms with Crippen molar-refractivity contribution >= 4 is 33.1 Å². The van der Waals surface area contributed by atoms with E-state index in [4.69, 9.17) is 4.74 Å². The minimum absolute atomic E-state index is 0.756. The van der Waals surface area contributed by atoms with Gasteiger partial charge in [0.2, 0.25) is 0 Å². The van der Waals surface area contributed by atoms with Crippen molar-refractivity contribution in [3.8, 4) is 16.2 Å². The third-order valence-electron chi connectivity index (χ3n) is 4.45. The van der Waals surface area contributed by atoms with Gasteiger partial charge < -0.3 is 10.1 Å². The molecule has 0 saturated carbocycles. The van der Waals surface area contributed by atoms with Gasteiger partial charge in [0.1, 0.15) is 22.2 Å². The van der Waals surface area contributed by atoms with E-state index < -0.39 is 0 Å². The van der Waals surface area contributed by atoms with Crippen LogP contribution in [0.2, 0.25) is 0 Å². The van der Waals surface area contributed by atoms with E-state index in [2.05, 4.69) is 52.5 Å². The Balaban J connectivity index is 1.60. The van der Waals surface area contributed by atoms with E-state index in [0.29, 0.717) is 0 Å². The van der Waals surface area contributed by atoms with E-state index in [1.54, 1.807) is 11.3 Å². The highest BCUT2D eigenvalue weighted by Gasteiger charge is 2.12. The second-order valence-electron chi connectivity index (χ2n) is 6.67. The Hall–Kier alpha value is -2.92. The van der Waals surface area contributed by atoms with Crippen LogP contribution >= 0.6 is 11.3 Å². The molecule has 4 nitrogen and oxygen atoms in total. The number of rotatable bonds is 7. The normalized spacial score (nSPS) is 10.9. The topological polar surface area (TPSA) is 47.0 Å². The SMILES string of the molecule is CCCCOc1ccc(Nc2nc(C)nc3sc(-c4ccccc4)cc23)cc1. The lowest BCUT2D eigenvalue weighted by molar-refractivity contribution is 0.309. The minimum atomic E-state index is 0.756. The fourth-order valence-electron chi connectivity index (χ4n) is 2.97. The lowest BCUT2D eigenvalue weighted by atomic mass is 10.2. The molecule has 0 aliphatic heterocycles. The monoisotopic (exact) mass is 389 g/mol. The van der Waals surface area contributed by atoms with E-state index in [-0.39, 0.29) is 0 Å². The van der Waals surface area contributed by atoms with E-state index in [0.717, 1.165) is 52.7 Å². The molecular formula is C23H23N3OS. The number of fused-ring (bicyclic) bond motifs is 1. The molecule has 0 radical (unpaired) electrons. The van der Waals surface area contributed by atoms with Crippen LogP contribution in [-0.2, 0) is 0 Å². The lowest BCUT2D eigenvalue weighted by Gasteiger charge is -2.09. The number of benzene rings is 2. The van der Waals surface area contributed by atoms with Crippen LogP contribution in [-0.4, -0.2) is 16.6 Å². The van der Waals surface area contributed by atoms with Gasteiger partial charge in [-0.1, -0.05) is 43.7 Å². The van der Waals surface area contributed by atoms with Crippen molar-refractivity contribution in [3.63, 3.8) is 0 Å². The number of hydrogen-bond acceptors (Lipinski definition) is 5. The standard InChI is InChI=1S/C23H23N3OS/c1-3-4-14-27-19-12-10-18(11-13-19)26-22-20-15-21(17-8-6-5-7-9-17)28-23(20)25-16(2)24-22/h5-13,15H,3-4,14H2,1-2H3,(H,24,25,26). The maximum Gasteiger partial charge on any atom is 0.142 e. The van der Waals surface area contributed by atoms with E-state index in [1.165, 1.54) is 10.4 Å². The zero-order valence-corrected chi connectivity index (χ0v) is 16.9. The quantitative estimate of drug-likeness (QED) is 0.362. The van der Waals surface area contributed by atoms with Gasteiger partial charge in [0.15, 0.2) is 0 Å². The van der Waals surface area contributed by atoms with Crippen LogP contribution in [0.4, 0.5) is 11.5 Å². The first-order chi connectivity index (χ1) is 13.7. The van der Waals surface area contributed by atoms with E-state index in [1.807, 2.05) is 37.3 Å². The number of aryl methyl sites for hydroxylation is 1. The highest BCUT2D eigenvalue weighted by atomic mass is 32.1. The molecule has 0 spiro atoms. The maximum atomic E-state index is 5.74. The number of unbranched alkanes of at least 4 members (excludes halogenated alkanes) is 1. The summed E-state index contributed by atoms with van der Waals surface area (Å²) in [4.78, 5) is 11.5. The van der Waals surface area contributed by atoms with Crippen LogP contribution in [0.25, 0.3) is 20.7 Å². The molecule has 2 aromatic carbocycles. The number of thiophene rings is 1. The van der Waals surface area contributed by atoms with Crippen molar-refractivity contribution in [2.24, 2.45) is 0 Å². The second-order valence-corrected chi connectivity index (χ2v) is 7.70. The van der Waals surface area contributed by atoms with Crippen LogP contribution in [0.5, 0.6) is 5.75 Å². The third kappa shape index (κ3) is 4.15. The molecule has 0 aliphatic rings. The van der Waals surface area contributed by atoms with Crippen LogP contribution in [0.3, 0.4) is 0 Å². The Morgan fingerprint density at radius 1 is 1.00 bits per heavy atom. The Bertz CT molecular complexity index is 1060. The second kappa shape index (κ2) is 8.40. The average molecular weight is 390 g/mol. The van der Waals surface area contributed by atoms with Crippen molar-refractivity contribution < 1.29 is 4.74 Å². The van der Waals surface area contributed by atoms with Gasteiger partial charge in [0.25, 0.3) is 0 Å². The van der Waals surface area contributed by atoms with Crippen molar-refractivity contribution in [3.05, 3.63) is 66.5 Å². The number of ether oxygens (including phenoxy) is 1. The summed E-state index contributed by atoms with van der Waals surface area (Å²) in [6.45, 7) is 4.85. The van der Waals surface area contributed by atoms with Crippen molar-refractivity contribution in [2.75, 3.05) is 11.9 Å². The molecule has 4 aromatic rings. The van der Waals surface area contributed by atoms with E-state index in [9.17, 15) is 0 Å². The van der Waals surface area contributed by atoms with Gasteiger partial charge in [0.05, 0.1) is 12.0 Å². The molecule has 1 N–H and O–H groups in total. The summed E-state index contributed by atoms with van der Waals surface area (Å²) < 4.78 is 5.74. The largest absolute Gasteiger partial charge is 0.494 e. The zero-order valence-electron chi connectivity index (χ0n) is 16.1. The van der Waals surface area contributed by atoms with Crippen LogP contribution in [0.15, 0.2) is 60.7 Å². The van der Waals surface area contributed by atoms with Gasteiger partial charge in [-0.25, -0.2) is 9.97 Å². The summed E-state index contributed by atoms with van der Waals surface area (Å²) in [5.74, 6) is 2.49. The average Bonchev–Trinajstić information content (AvgIpc) is 3.14. The zero-order chi connectivity index (χ0) is 19.3. The van der Waals surface area contributed by atoms with Gasteiger partial charge in [-0.2, -0.15) is 0 Å². The number of hydrogen-bond donors (Lipinski definition) is 1.